The second-order valence-electron chi connectivity index (χ2n) is 4.13. The number of rotatable bonds is 1. The Hall–Kier alpha value is 0.270. The lowest BCUT2D eigenvalue weighted by atomic mass is 9.79. The number of piperidine rings is 1. The molecule has 2 saturated heterocycles. The lowest BCUT2D eigenvalue weighted by Gasteiger charge is -2.45. The van der Waals surface area contributed by atoms with Gasteiger partial charge in [0, 0.05) is 19.7 Å². The first-order valence-corrected chi connectivity index (χ1v) is 5.84. The van der Waals surface area contributed by atoms with E-state index in [1.165, 1.54) is 24.6 Å². The Morgan fingerprint density at radius 3 is 2.42 bits per heavy atom. The van der Waals surface area contributed by atoms with Gasteiger partial charge in [0.1, 0.15) is 0 Å². The van der Waals surface area contributed by atoms with Crippen LogP contribution in [-0.4, -0.2) is 48.3 Å². The van der Waals surface area contributed by atoms with Gasteiger partial charge >= 0.3 is 0 Å². The van der Waals surface area contributed by atoms with Crippen LogP contribution >= 0.6 is 11.8 Å². The summed E-state index contributed by atoms with van der Waals surface area (Å²) in [6, 6.07) is 0. The lowest BCUT2D eigenvalue weighted by Crippen LogP contribution is -2.50. The van der Waals surface area contributed by atoms with Gasteiger partial charge in [0.2, 0.25) is 0 Å². The second-order valence-corrected chi connectivity index (χ2v) is 5.20. The largest absolute Gasteiger partial charge is 0.396 e. The first kappa shape index (κ1) is 8.85. The molecular weight excluding hydrogens is 170 g/mol. The molecule has 0 saturated carbocycles. The molecule has 2 bridgehead atoms. The van der Waals surface area contributed by atoms with Crippen molar-refractivity contribution < 1.29 is 5.11 Å². The minimum atomic E-state index is 0.406. The highest BCUT2D eigenvalue weighted by atomic mass is 32.2. The summed E-state index contributed by atoms with van der Waals surface area (Å²) in [7, 11) is 2.20. The van der Waals surface area contributed by atoms with Crippen LogP contribution in [0.1, 0.15) is 0 Å². The van der Waals surface area contributed by atoms with E-state index in [0.29, 0.717) is 12.5 Å². The Morgan fingerprint density at radius 1 is 1.33 bits per heavy atom. The van der Waals surface area contributed by atoms with E-state index in [-0.39, 0.29) is 0 Å². The number of hydrogen-bond acceptors (Lipinski definition) is 3. The van der Waals surface area contributed by atoms with E-state index in [1.807, 2.05) is 0 Å². The molecule has 70 valence electrons. The molecule has 2 atom stereocenters. The smallest absolute Gasteiger partial charge is 0.0466 e. The van der Waals surface area contributed by atoms with Gasteiger partial charge in [-0.1, -0.05) is 0 Å². The standard InChI is InChI=1S/C9H17NOS/c1-10-2-7-5-12-6-8(3-10)9(7)4-11/h7-9,11H,2-6H2,1H3. The molecule has 2 heterocycles. The lowest BCUT2D eigenvalue weighted by molar-refractivity contribution is 0.0525. The molecule has 0 aromatic rings. The number of aliphatic hydroxyl groups is 1. The predicted molar refractivity (Wildman–Crippen MR) is 52.4 cm³/mol. The molecule has 0 spiro atoms. The van der Waals surface area contributed by atoms with Crippen LogP contribution in [0.5, 0.6) is 0 Å². The van der Waals surface area contributed by atoms with Crippen LogP contribution in [0.2, 0.25) is 0 Å². The van der Waals surface area contributed by atoms with Crippen molar-refractivity contribution in [1.29, 1.82) is 0 Å². The molecule has 2 aliphatic rings. The highest BCUT2D eigenvalue weighted by Crippen LogP contribution is 2.37. The van der Waals surface area contributed by atoms with E-state index in [9.17, 15) is 5.11 Å². The molecule has 1 N–H and O–H groups in total. The first-order chi connectivity index (χ1) is 5.81. The molecule has 2 fully saturated rings. The average Bonchev–Trinajstić information content (AvgIpc) is 2.02. The number of thioether (sulfide) groups is 1. The van der Waals surface area contributed by atoms with Crippen LogP contribution in [0.25, 0.3) is 0 Å². The Bertz CT molecular complexity index is 151. The zero-order valence-electron chi connectivity index (χ0n) is 7.57. The van der Waals surface area contributed by atoms with Crippen molar-refractivity contribution in [3.05, 3.63) is 0 Å². The van der Waals surface area contributed by atoms with E-state index in [2.05, 4.69) is 23.7 Å². The summed E-state index contributed by atoms with van der Waals surface area (Å²) in [5.74, 6) is 4.61. The minimum absolute atomic E-state index is 0.406. The van der Waals surface area contributed by atoms with Gasteiger partial charge in [-0.3, -0.25) is 0 Å². The maximum Gasteiger partial charge on any atom is 0.0466 e. The molecule has 12 heavy (non-hydrogen) atoms. The molecule has 0 amide bonds. The van der Waals surface area contributed by atoms with E-state index >= 15 is 0 Å². The quantitative estimate of drug-likeness (QED) is 0.647. The fourth-order valence-corrected chi connectivity index (χ4v) is 4.00. The summed E-state index contributed by atoms with van der Waals surface area (Å²) in [6.45, 7) is 2.78. The number of hydrogen-bond donors (Lipinski definition) is 1. The van der Waals surface area contributed by atoms with Gasteiger partial charge in [0.25, 0.3) is 0 Å². The van der Waals surface area contributed by atoms with Crippen LogP contribution in [0.15, 0.2) is 0 Å². The van der Waals surface area contributed by atoms with Crippen molar-refractivity contribution in [1.82, 2.24) is 4.90 Å². The number of fused-ring (bicyclic) bond motifs is 2. The SMILES string of the molecule is CN1CC2CSCC(C1)C2CO. The highest BCUT2D eigenvalue weighted by Gasteiger charge is 2.37. The van der Waals surface area contributed by atoms with Gasteiger partial charge in [0.05, 0.1) is 0 Å². The molecule has 0 radical (unpaired) electrons. The van der Waals surface area contributed by atoms with Crippen LogP contribution in [0.3, 0.4) is 0 Å². The van der Waals surface area contributed by atoms with E-state index in [0.717, 1.165) is 11.8 Å². The summed E-state index contributed by atoms with van der Waals surface area (Å²) in [6.07, 6.45) is 0. The minimum Gasteiger partial charge on any atom is -0.396 e. The van der Waals surface area contributed by atoms with Crippen molar-refractivity contribution in [2.24, 2.45) is 17.8 Å². The fraction of sp³-hybridized carbons (Fsp3) is 1.00. The van der Waals surface area contributed by atoms with Crippen molar-refractivity contribution in [2.75, 3.05) is 38.2 Å². The molecule has 2 unspecified atom stereocenters. The first-order valence-electron chi connectivity index (χ1n) is 4.68. The molecule has 0 aromatic heterocycles. The van der Waals surface area contributed by atoms with Crippen molar-refractivity contribution in [2.45, 2.75) is 0 Å². The third-order valence-corrected chi connectivity index (χ3v) is 4.51. The monoisotopic (exact) mass is 187 g/mol. The molecule has 0 aliphatic carbocycles. The number of likely N-dealkylation sites (tertiary alicyclic amines) is 1. The maximum absolute atomic E-state index is 9.26. The van der Waals surface area contributed by atoms with Gasteiger partial charge in [-0.25, -0.2) is 0 Å². The molecule has 2 rings (SSSR count). The van der Waals surface area contributed by atoms with Crippen molar-refractivity contribution >= 4 is 11.8 Å². The van der Waals surface area contributed by atoms with Crippen molar-refractivity contribution in [3.8, 4) is 0 Å². The topological polar surface area (TPSA) is 23.5 Å². The van der Waals surface area contributed by atoms with Gasteiger partial charge in [-0.05, 0) is 36.3 Å². The summed E-state index contributed by atoms with van der Waals surface area (Å²) >= 11 is 2.07. The van der Waals surface area contributed by atoms with Gasteiger partial charge in [0.15, 0.2) is 0 Å². The molecular formula is C9H17NOS. The number of nitrogens with zero attached hydrogens (tertiary/aromatic N) is 1. The Morgan fingerprint density at radius 2 is 1.92 bits per heavy atom. The highest BCUT2D eigenvalue weighted by molar-refractivity contribution is 7.99. The maximum atomic E-state index is 9.26. The van der Waals surface area contributed by atoms with Crippen LogP contribution < -0.4 is 0 Å². The fourth-order valence-electron chi connectivity index (χ4n) is 2.55. The van der Waals surface area contributed by atoms with Gasteiger partial charge < -0.3 is 10.0 Å². The summed E-state index contributed by atoms with van der Waals surface area (Å²) in [4.78, 5) is 2.42. The van der Waals surface area contributed by atoms with Gasteiger partial charge in [-0.2, -0.15) is 11.8 Å². The molecule has 2 aliphatic heterocycles. The Kier molecular flexibility index (Phi) is 2.63. The normalized spacial score (nSPS) is 43.0. The summed E-state index contributed by atoms with van der Waals surface area (Å²) < 4.78 is 0. The molecule has 3 heteroatoms. The molecule has 2 nitrogen and oxygen atoms in total. The van der Waals surface area contributed by atoms with Crippen molar-refractivity contribution in [3.63, 3.8) is 0 Å². The second kappa shape index (κ2) is 3.56. The Balaban J connectivity index is 2.06. The van der Waals surface area contributed by atoms with Crippen LogP contribution in [0.4, 0.5) is 0 Å². The van der Waals surface area contributed by atoms with E-state index < -0.39 is 0 Å². The van der Waals surface area contributed by atoms with E-state index in [4.69, 9.17) is 0 Å². The third kappa shape index (κ3) is 1.50. The average molecular weight is 187 g/mol. The predicted octanol–water partition coefficient (Wildman–Crippen LogP) is 0.519. The molecule has 0 aromatic carbocycles. The van der Waals surface area contributed by atoms with Crippen LogP contribution in [0, 0.1) is 17.8 Å². The van der Waals surface area contributed by atoms with Gasteiger partial charge in [-0.15, -0.1) is 0 Å². The van der Waals surface area contributed by atoms with Crippen LogP contribution in [-0.2, 0) is 0 Å². The Labute approximate surface area is 78.3 Å². The summed E-state index contributed by atoms with van der Waals surface area (Å²) in [5.41, 5.74) is 0. The zero-order valence-corrected chi connectivity index (χ0v) is 8.39. The summed E-state index contributed by atoms with van der Waals surface area (Å²) in [5, 5.41) is 9.26. The third-order valence-electron chi connectivity index (χ3n) is 3.18. The zero-order chi connectivity index (χ0) is 8.55. The number of aliphatic hydroxyl groups excluding tert-OH is 1. The van der Waals surface area contributed by atoms with E-state index in [1.54, 1.807) is 0 Å².